The molecule has 2 heterocycles. The summed E-state index contributed by atoms with van der Waals surface area (Å²) in [6, 6.07) is 8.71. The van der Waals surface area contributed by atoms with E-state index in [2.05, 4.69) is 16.8 Å². The molecule has 1 aromatic heterocycles. The van der Waals surface area contributed by atoms with Gasteiger partial charge < -0.3 is 4.90 Å². The highest BCUT2D eigenvalue weighted by atomic mass is 16.2. The van der Waals surface area contributed by atoms with Crippen LogP contribution < -0.4 is 0 Å². The number of likely N-dealkylation sites (tertiary alicyclic amines) is 1. The number of ketones is 1. The summed E-state index contributed by atoms with van der Waals surface area (Å²) < 4.78 is 0. The number of nitriles is 1. The normalized spacial score (nSPS) is 18.6. The molecule has 0 bridgehead atoms. The number of nitrogens with zero attached hydrogens (tertiary/aromatic N) is 3. The second kappa shape index (κ2) is 7.66. The first-order valence-corrected chi connectivity index (χ1v) is 9.06. The van der Waals surface area contributed by atoms with Gasteiger partial charge in [-0.3, -0.25) is 14.6 Å². The number of hydrogen-bond donors (Lipinski definition) is 0. The number of carbonyl (C=O) groups excluding carboxylic acids is 2. The van der Waals surface area contributed by atoms with E-state index in [-0.39, 0.29) is 11.7 Å². The predicted octanol–water partition coefficient (Wildman–Crippen LogP) is 2.68. The molecule has 2 atom stereocenters. The number of hydrogen-bond acceptors (Lipinski definition) is 4. The van der Waals surface area contributed by atoms with Crippen LogP contribution in [0.15, 0.2) is 30.5 Å². The van der Waals surface area contributed by atoms with Gasteiger partial charge in [0.05, 0.1) is 11.6 Å². The monoisotopic (exact) mass is 371 g/mol. The number of aryl methyl sites for hydroxylation is 2. The third kappa shape index (κ3) is 3.40. The van der Waals surface area contributed by atoms with Gasteiger partial charge in [0.15, 0.2) is 5.78 Å². The molecule has 0 spiro atoms. The van der Waals surface area contributed by atoms with Crippen LogP contribution in [0.5, 0.6) is 0 Å². The van der Waals surface area contributed by atoms with Gasteiger partial charge in [0.25, 0.3) is 0 Å². The average Bonchev–Trinajstić information content (AvgIpc) is 2.86. The highest BCUT2D eigenvalue weighted by Crippen LogP contribution is 2.34. The van der Waals surface area contributed by atoms with Crippen molar-refractivity contribution in [2.75, 3.05) is 7.05 Å². The van der Waals surface area contributed by atoms with Crippen molar-refractivity contribution in [2.24, 2.45) is 0 Å². The van der Waals surface area contributed by atoms with E-state index < -0.39 is 12.0 Å². The molecule has 0 N–H and O–H groups in total. The number of benzene rings is 1. The fourth-order valence-electron chi connectivity index (χ4n) is 3.82. The first-order chi connectivity index (χ1) is 13.4. The summed E-state index contributed by atoms with van der Waals surface area (Å²) in [6.45, 7) is 5.61. The molecular weight excluding hydrogens is 350 g/mol. The molecule has 2 aromatic rings. The summed E-state index contributed by atoms with van der Waals surface area (Å²) in [5.74, 6) is 4.81. The van der Waals surface area contributed by atoms with Gasteiger partial charge in [-0.05, 0) is 61.7 Å². The van der Waals surface area contributed by atoms with Gasteiger partial charge in [0.2, 0.25) is 5.91 Å². The Hall–Kier alpha value is -3.44. The average molecular weight is 371 g/mol. The Kier molecular flexibility index (Phi) is 5.29. The van der Waals surface area contributed by atoms with E-state index >= 15 is 0 Å². The third-order valence-corrected chi connectivity index (χ3v) is 5.18. The molecule has 0 radical (unpaired) electrons. The molecule has 5 heteroatoms. The van der Waals surface area contributed by atoms with Crippen LogP contribution in [-0.2, 0) is 16.0 Å². The Morgan fingerprint density at radius 1 is 1.14 bits per heavy atom. The lowest BCUT2D eigenvalue weighted by atomic mass is 9.86. The first kappa shape index (κ1) is 19.3. The van der Waals surface area contributed by atoms with Crippen molar-refractivity contribution in [3.05, 3.63) is 64.0 Å². The predicted molar refractivity (Wildman–Crippen MR) is 105 cm³/mol. The molecule has 5 nitrogen and oxygen atoms in total. The molecule has 1 amide bonds. The lowest BCUT2D eigenvalue weighted by molar-refractivity contribution is -0.129. The van der Waals surface area contributed by atoms with Crippen LogP contribution in [-0.4, -0.2) is 34.7 Å². The maximum absolute atomic E-state index is 13.2. The summed E-state index contributed by atoms with van der Waals surface area (Å²) in [6.07, 6.45) is 1.82. The highest BCUT2D eigenvalue weighted by molar-refractivity contribution is 6.15. The van der Waals surface area contributed by atoms with Crippen molar-refractivity contribution in [1.29, 1.82) is 5.26 Å². The van der Waals surface area contributed by atoms with Crippen molar-refractivity contribution in [1.82, 2.24) is 9.88 Å². The van der Waals surface area contributed by atoms with Crippen LogP contribution in [0.1, 0.15) is 46.4 Å². The smallest absolute Gasteiger partial charge is 0.238 e. The largest absolute Gasteiger partial charge is 0.334 e. The van der Waals surface area contributed by atoms with E-state index in [9.17, 15) is 9.59 Å². The molecular formula is C23H21N3O2. The Morgan fingerprint density at radius 3 is 2.36 bits per heavy atom. The minimum atomic E-state index is -0.794. The van der Waals surface area contributed by atoms with E-state index in [1.54, 1.807) is 26.1 Å². The van der Waals surface area contributed by atoms with Gasteiger partial charge in [0, 0.05) is 30.9 Å². The van der Waals surface area contributed by atoms with Gasteiger partial charge in [0.1, 0.15) is 12.0 Å². The van der Waals surface area contributed by atoms with E-state index in [4.69, 9.17) is 5.26 Å². The summed E-state index contributed by atoms with van der Waals surface area (Å²) in [5.41, 5.74) is 4.60. The lowest BCUT2D eigenvalue weighted by Gasteiger charge is -2.17. The van der Waals surface area contributed by atoms with Crippen LogP contribution in [0.2, 0.25) is 0 Å². The standard InChI is InChI=1S/C23H21N3O2/c1-5-6-16-9-14(2)20(15(3)10-16)21-22(27)19(26(4)23(21)28)11-18-8-7-17(12-24)13-25-18/h7-10,13,19,21H,11H2,1-4H3. The molecule has 28 heavy (non-hydrogen) atoms. The zero-order valence-corrected chi connectivity index (χ0v) is 16.4. The van der Waals surface area contributed by atoms with Crippen molar-refractivity contribution >= 4 is 11.7 Å². The number of Topliss-reactive ketones (excluding diaryl/α,β-unsaturated/α-hetero) is 1. The first-order valence-electron chi connectivity index (χ1n) is 9.06. The van der Waals surface area contributed by atoms with Crippen LogP contribution in [0.4, 0.5) is 0 Å². The topological polar surface area (TPSA) is 74.1 Å². The number of aromatic nitrogens is 1. The second-order valence-corrected chi connectivity index (χ2v) is 7.05. The van der Waals surface area contributed by atoms with Crippen molar-refractivity contribution in [3.8, 4) is 17.9 Å². The van der Waals surface area contributed by atoms with Gasteiger partial charge in [-0.2, -0.15) is 5.26 Å². The SMILES string of the molecule is CC#Cc1cc(C)c(C2C(=O)C(Cc3ccc(C#N)cn3)N(C)C2=O)c(C)c1. The number of likely N-dealkylation sites (N-methyl/N-ethyl adjacent to an activating group) is 1. The second-order valence-electron chi connectivity index (χ2n) is 7.05. The Balaban J connectivity index is 1.94. The maximum Gasteiger partial charge on any atom is 0.238 e. The van der Waals surface area contributed by atoms with Crippen LogP contribution in [0, 0.1) is 37.0 Å². The molecule has 3 rings (SSSR count). The molecule has 0 aliphatic carbocycles. The summed E-state index contributed by atoms with van der Waals surface area (Å²) in [4.78, 5) is 31.9. The van der Waals surface area contributed by atoms with Crippen LogP contribution in [0.25, 0.3) is 0 Å². The van der Waals surface area contributed by atoms with Crippen LogP contribution in [0.3, 0.4) is 0 Å². The molecule has 1 aliphatic rings. The number of pyridine rings is 1. The van der Waals surface area contributed by atoms with Gasteiger partial charge >= 0.3 is 0 Å². The summed E-state index contributed by atoms with van der Waals surface area (Å²) in [7, 11) is 1.66. The fraction of sp³-hybridized carbons (Fsp3) is 0.304. The number of amides is 1. The van der Waals surface area contributed by atoms with Gasteiger partial charge in [-0.1, -0.05) is 5.92 Å². The van der Waals surface area contributed by atoms with Crippen molar-refractivity contribution in [3.63, 3.8) is 0 Å². The number of rotatable bonds is 3. The van der Waals surface area contributed by atoms with E-state index in [0.29, 0.717) is 17.7 Å². The minimum absolute atomic E-state index is 0.112. The van der Waals surface area contributed by atoms with Gasteiger partial charge in [-0.15, -0.1) is 5.92 Å². The fourth-order valence-corrected chi connectivity index (χ4v) is 3.82. The molecule has 140 valence electrons. The lowest BCUT2D eigenvalue weighted by Crippen LogP contribution is -2.33. The third-order valence-electron chi connectivity index (χ3n) is 5.18. The Bertz CT molecular complexity index is 1030. The quantitative estimate of drug-likeness (QED) is 0.614. The van der Waals surface area contributed by atoms with E-state index in [0.717, 1.165) is 22.3 Å². The van der Waals surface area contributed by atoms with Crippen LogP contribution >= 0.6 is 0 Å². The molecule has 1 aromatic carbocycles. The molecule has 2 unspecified atom stereocenters. The number of carbonyl (C=O) groups is 2. The minimum Gasteiger partial charge on any atom is -0.334 e. The summed E-state index contributed by atoms with van der Waals surface area (Å²) in [5, 5.41) is 8.89. The summed E-state index contributed by atoms with van der Waals surface area (Å²) >= 11 is 0. The zero-order chi connectivity index (χ0) is 20.4. The highest BCUT2D eigenvalue weighted by Gasteiger charge is 2.47. The van der Waals surface area contributed by atoms with Gasteiger partial charge in [-0.25, -0.2) is 0 Å². The van der Waals surface area contributed by atoms with E-state index in [1.807, 2.05) is 32.0 Å². The molecule has 1 saturated heterocycles. The molecule has 1 fully saturated rings. The zero-order valence-electron chi connectivity index (χ0n) is 16.4. The Labute approximate surface area is 165 Å². The Morgan fingerprint density at radius 2 is 1.82 bits per heavy atom. The van der Waals surface area contributed by atoms with Crippen molar-refractivity contribution in [2.45, 2.75) is 39.2 Å². The maximum atomic E-state index is 13.2. The molecule has 1 aliphatic heterocycles. The van der Waals surface area contributed by atoms with E-state index in [1.165, 1.54) is 11.1 Å². The van der Waals surface area contributed by atoms with Crippen molar-refractivity contribution < 1.29 is 9.59 Å². The molecule has 0 saturated carbocycles.